The average molecular weight is 342 g/mol. The van der Waals surface area contributed by atoms with Crippen molar-refractivity contribution in [1.29, 1.82) is 0 Å². The van der Waals surface area contributed by atoms with Crippen LogP contribution in [0.25, 0.3) is 0 Å². The average Bonchev–Trinajstić information content (AvgIpc) is 2.49. The van der Waals surface area contributed by atoms with E-state index in [0.717, 1.165) is 16.0 Å². The molecule has 2 rings (SSSR count). The highest BCUT2D eigenvalue weighted by Gasteiger charge is 2.27. The largest absolute Gasteiger partial charge is 0.495 e. The second kappa shape index (κ2) is 7.32. The minimum atomic E-state index is 0.340. The van der Waals surface area contributed by atoms with E-state index in [9.17, 15) is 0 Å². The summed E-state index contributed by atoms with van der Waals surface area (Å²) < 4.78 is 11.9. The summed E-state index contributed by atoms with van der Waals surface area (Å²) in [5, 5.41) is 3.49. The first-order chi connectivity index (χ1) is 9.72. The van der Waals surface area contributed by atoms with Crippen LogP contribution in [0.2, 0.25) is 0 Å². The van der Waals surface area contributed by atoms with Gasteiger partial charge >= 0.3 is 0 Å². The third-order valence-electron chi connectivity index (χ3n) is 4.28. The Labute approximate surface area is 130 Å². The van der Waals surface area contributed by atoms with Gasteiger partial charge in [-0.15, -0.1) is 0 Å². The number of methoxy groups -OCH3 is 2. The molecule has 1 saturated carbocycles. The lowest BCUT2D eigenvalue weighted by atomic mass is 9.81. The Balaban J connectivity index is 2.35. The Bertz CT molecular complexity index is 444. The molecule has 0 spiro atoms. The summed E-state index contributed by atoms with van der Waals surface area (Å²) in [4.78, 5) is 0. The maximum absolute atomic E-state index is 5.63. The van der Waals surface area contributed by atoms with E-state index in [4.69, 9.17) is 9.47 Å². The van der Waals surface area contributed by atoms with Crippen LogP contribution in [0.15, 0.2) is 16.6 Å². The Morgan fingerprint density at radius 1 is 1.15 bits per heavy atom. The van der Waals surface area contributed by atoms with Crippen LogP contribution in [0.4, 0.5) is 0 Å². The SMILES string of the molecule is CNC(c1ccc(OC)c(Br)c1OC)C1CCCCC1. The van der Waals surface area contributed by atoms with Gasteiger partial charge in [0.25, 0.3) is 0 Å². The quantitative estimate of drug-likeness (QED) is 0.865. The summed E-state index contributed by atoms with van der Waals surface area (Å²) >= 11 is 3.60. The first kappa shape index (κ1) is 15.6. The van der Waals surface area contributed by atoms with Gasteiger partial charge in [-0.25, -0.2) is 0 Å². The summed E-state index contributed by atoms with van der Waals surface area (Å²) in [6, 6.07) is 4.47. The molecule has 0 aromatic heterocycles. The lowest BCUT2D eigenvalue weighted by molar-refractivity contribution is 0.274. The predicted molar refractivity (Wildman–Crippen MR) is 85.6 cm³/mol. The molecule has 0 aliphatic heterocycles. The molecule has 1 aromatic rings. The summed E-state index contributed by atoms with van der Waals surface area (Å²) in [6.07, 6.45) is 6.62. The highest BCUT2D eigenvalue weighted by Crippen LogP contribution is 2.43. The van der Waals surface area contributed by atoms with E-state index >= 15 is 0 Å². The van der Waals surface area contributed by atoms with Crippen molar-refractivity contribution in [2.24, 2.45) is 5.92 Å². The highest BCUT2D eigenvalue weighted by molar-refractivity contribution is 9.10. The Morgan fingerprint density at radius 3 is 2.40 bits per heavy atom. The zero-order valence-corrected chi connectivity index (χ0v) is 14.1. The summed E-state index contributed by atoms with van der Waals surface area (Å²) in [6.45, 7) is 0. The maximum Gasteiger partial charge on any atom is 0.141 e. The standard InChI is InChI=1S/C16H24BrNO2/c1-18-15(11-7-5-4-6-8-11)12-9-10-13(19-2)14(17)16(12)20-3/h9-11,15,18H,4-8H2,1-3H3. The van der Waals surface area contributed by atoms with Crippen LogP contribution < -0.4 is 14.8 Å². The third-order valence-corrected chi connectivity index (χ3v) is 5.03. The first-order valence-corrected chi connectivity index (χ1v) is 8.09. The Morgan fingerprint density at radius 2 is 1.85 bits per heavy atom. The van der Waals surface area contributed by atoms with Crippen LogP contribution in [0.1, 0.15) is 43.7 Å². The number of benzene rings is 1. The van der Waals surface area contributed by atoms with Crippen molar-refractivity contribution in [2.45, 2.75) is 38.1 Å². The van der Waals surface area contributed by atoms with Crippen molar-refractivity contribution in [1.82, 2.24) is 5.32 Å². The molecule has 0 saturated heterocycles. The van der Waals surface area contributed by atoms with E-state index in [2.05, 4.69) is 27.3 Å². The third kappa shape index (κ3) is 3.12. The number of hydrogen-bond acceptors (Lipinski definition) is 3. The molecule has 20 heavy (non-hydrogen) atoms. The van der Waals surface area contributed by atoms with Gasteiger partial charge in [-0.3, -0.25) is 0 Å². The fourth-order valence-electron chi connectivity index (χ4n) is 3.28. The van der Waals surface area contributed by atoms with Crippen LogP contribution in [0.5, 0.6) is 11.5 Å². The molecule has 1 aromatic carbocycles. The number of rotatable bonds is 5. The van der Waals surface area contributed by atoms with Gasteiger partial charge < -0.3 is 14.8 Å². The molecular weight excluding hydrogens is 318 g/mol. The van der Waals surface area contributed by atoms with Crippen LogP contribution in [-0.4, -0.2) is 21.3 Å². The normalized spacial score (nSPS) is 17.8. The summed E-state index contributed by atoms with van der Waals surface area (Å²) in [7, 11) is 5.43. The van der Waals surface area contributed by atoms with Crippen molar-refractivity contribution in [3.63, 3.8) is 0 Å². The maximum atomic E-state index is 5.63. The lowest BCUT2D eigenvalue weighted by Crippen LogP contribution is -2.27. The van der Waals surface area contributed by atoms with Crippen LogP contribution in [0, 0.1) is 5.92 Å². The van der Waals surface area contributed by atoms with Crippen molar-refractivity contribution in [3.05, 3.63) is 22.2 Å². The molecule has 1 N–H and O–H groups in total. The smallest absolute Gasteiger partial charge is 0.141 e. The van der Waals surface area contributed by atoms with Crippen LogP contribution in [0.3, 0.4) is 0 Å². The van der Waals surface area contributed by atoms with E-state index in [1.165, 1.54) is 37.7 Å². The van der Waals surface area contributed by atoms with Gasteiger partial charge in [0.1, 0.15) is 16.0 Å². The minimum absolute atomic E-state index is 0.340. The molecule has 112 valence electrons. The number of halogens is 1. The van der Waals surface area contributed by atoms with E-state index in [0.29, 0.717) is 12.0 Å². The van der Waals surface area contributed by atoms with Gasteiger partial charge in [0, 0.05) is 11.6 Å². The highest BCUT2D eigenvalue weighted by atomic mass is 79.9. The topological polar surface area (TPSA) is 30.5 Å². The molecule has 0 bridgehead atoms. The van der Waals surface area contributed by atoms with Gasteiger partial charge in [0.15, 0.2) is 0 Å². The number of hydrogen-bond donors (Lipinski definition) is 1. The fourth-order valence-corrected chi connectivity index (χ4v) is 3.96. The van der Waals surface area contributed by atoms with Gasteiger partial charge in [-0.05, 0) is 53.9 Å². The van der Waals surface area contributed by atoms with Gasteiger partial charge in [-0.1, -0.05) is 19.3 Å². The number of nitrogens with one attached hydrogen (secondary N) is 1. The van der Waals surface area contributed by atoms with Gasteiger partial charge in [-0.2, -0.15) is 0 Å². The van der Waals surface area contributed by atoms with Crippen LogP contribution >= 0.6 is 15.9 Å². The van der Waals surface area contributed by atoms with Crippen molar-refractivity contribution >= 4 is 15.9 Å². The number of ether oxygens (including phenoxy) is 2. The first-order valence-electron chi connectivity index (χ1n) is 7.30. The molecule has 0 heterocycles. The Kier molecular flexibility index (Phi) is 5.73. The predicted octanol–water partition coefficient (Wildman–Crippen LogP) is 4.31. The van der Waals surface area contributed by atoms with Gasteiger partial charge in [0.2, 0.25) is 0 Å². The van der Waals surface area contributed by atoms with Crippen molar-refractivity contribution in [3.8, 4) is 11.5 Å². The summed E-state index contributed by atoms with van der Waals surface area (Å²) in [5.41, 5.74) is 1.22. The fraction of sp³-hybridized carbons (Fsp3) is 0.625. The molecule has 0 radical (unpaired) electrons. The molecular formula is C16H24BrNO2. The molecule has 1 unspecified atom stereocenters. The molecule has 0 amide bonds. The lowest BCUT2D eigenvalue weighted by Gasteiger charge is -2.31. The molecule has 4 heteroatoms. The zero-order chi connectivity index (χ0) is 14.5. The molecule has 1 aliphatic carbocycles. The molecule has 1 fully saturated rings. The Hall–Kier alpha value is -0.740. The summed E-state index contributed by atoms with van der Waals surface area (Å²) in [5.74, 6) is 2.38. The second-order valence-electron chi connectivity index (χ2n) is 5.37. The molecule has 1 atom stereocenters. The monoisotopic (exact) mass is 341 g/mol. The van der Waals surface area contributed by atoms with Crippen molar-refractivity contribution in [2.75, 3.05) is 21.3 Å². The molecule has 3 nitrogen and oxygen atoms in total. The van der Waals surface area contributed by atoms with E-state index in [1.54, 1.807) is 14.2 Å². The zero-order valence-electron chi connectivity index (χ0n) is 12.5. The van der Waals surface area contributed by atoms with E-state index in [-0.39, 0.29) is 0 Å². The molecule has 1 aliphatic rings. The van der Waals surface area contributed by atoms with E-state index < -0.39 is 0 Å². The second-order valence-corrected chi connectivity index (χ2v) is 6.16. The van der Waals surface area contributed by atoms with Crippen molar-refractivity contribution < 1.29 is 9.47 Å². The van der Waals surface area contributed by atoms with Gasteiger partial charge in [0.05, 0.1) is 14.2 Å². The minimum Gasteiger partial charge on any atom is -0.495 e. The van der Waals surface area contributed by atoms with Crippen LogP contribution in [-0.2, 0) is 0 Å². The van der Waals surface area contributed by atoms with E-state index in [1.807, 2.05) is 13.1 Å².